The quantitative estimate of drug-likeness (QED) is 0.437. The average Bonchev–Trinajstić information content (AvgIpc) is 2.61. The second kappa shape index (κ2) is 8.04. The minimum atomic E-state index is 0.108. The molecule has 0 radical (unpaired) electrons. The Hall–Kier alpha value is -2.82. The van der Waals surface area contributed by atoms with Crippen LogP contribution in [0.5, 0.6) is 0 Å². The summed E-state index contributed by atoms with van der Waals surface area (Å²) in [5, 5.41) is 11.9. The molecule has 0 bridgehead atoms. The van der Waals surface area contributed by atoms with Gasteiger partial charge in [-0.25, -0.2) is 0 Å². The van der Waals surface area contributed by atoms with Crippen LogP contribution in [-0.2, 0) is 0 Å². The van der Waals surface area contributed by atoms with Crippen LogP contribution in [-0.4, -0.2) is 48.2 Å². The normalized spacial score (nSPS) is 20.0. The molecule has 0 saturated heterocycles. The first-order valence-electron chi connectivity index (χ1n) is 8.68. The standard InChI is InChI=1S/C15H24N10O/c16-12-20-10(21-13(17)24-12)8-2-4-9(5-3-8)11-22-14(18)25-15(23-11)19-6-1-7-26/h8-9,26H,1-7H2,(H4,16,17,20,21,24)(H3,18,19,22,23,25). The van der Waals surface area contributed by atoms with E-state index in [1.165, 1.54) is 0 Å². The van der Waals surface area contributed by atoms with Crippen LogP contribution in [0.1, 0.15) is 55.6 Å². The largest absolute Gasteiger partial charge is 0.396 e. The number of hydrogen-bond acceptors (Lipinski definition) is 11. The van der Waals surface area contributed by atoms with Crippen LogP contribution >= 0.6 is 0 Å². The van der Waals surface area contributed by atoms with Gasteiger partial charge < -0.3 is 27.6 Å². The molecule has 1 aliphatic carbocycles. The van der Waals surface area contributed by atoms with E-state index in [2.05, 4.69) is 35.2 Å². The van der Waals surface area contributed by atoms with Gasteiger partial charge in [0.25, 0.3) is 0 Å². The number of anilines is 4. The average molecular weight is 360 g/mol. The molecule has 2 heterocycles. The van der Waals surface area contributed by atoms with E-state index in [1.54, 1.807) is 0 Å². The molecule has 1 fully saturated rings. The second-order valence-corrected chi connectivity index (χ2v) is 6.34. The molecule has 1 aliphatic rings. The second-order valence-electron chi connectivity index (χ2n) is 6.34. The van der Waals surface area contributed by atoms with Gasteiger partial charge in [0.2, 0.25) is 23.8 Å². The number of nitrogens with zero attached hydrogens (tertiary/aromatic N) is 6. The lowest BCUT2D eigenvalue weighted by atomic mass is 9.81. The van der Waals surface area contributed by atoms with Gasteiger partial charge in [-0.3, -0.25) is 0 Å². The van der Waals surface area contributed by atoms with Gasteiger partial charge in [-0.05, 0) is 32.1 Å². The molecular formula is C15H24N10O. The Balaban J connectivity index is 1.65. The van der Waals surface area contributed by atoms with E-state index in [-0.39, 0.29) is 36.3 Å². The molecular weight excluding hydrogens is 336 g/mol. The van der Waals surface area contributed by atoms with Gasteiger partial charge in [-0.15, -0.1) is 0 Å². The van der Waals surface area contributed by atoms with E-state index in [0.29, 0.717) is 30.6 Å². The van der Waals surface area contributed by atoms with Crippen molar-refractivity contribution in [3.8, 4) is 0 Å². The molecule has 2 aromatic rings. The van der Waals surface area contributed by atoms with Crippen molar-refractivity contribution in [1.29, 1.82) is 0 Å². The topological polar surface area (TPSA) is 188 Å². The monoisotopic (exact) mass is 360 g/mol. The highest BCUT2D eigenvalue weighted by molar-refractivity contribution is 5.32. The Labute approximate surface area is 150 Å². The number of nitrogen functional groups attached to an aromatic ring is 3. The van der Waals surface area contributed by atoms with Crippen LogP contribution in [0.3, 0.4) is 0 Å². The molecule has 3 rings (SSSR count). The third-order valence-electron chi connectivity index (χ3n) is 4.43. The number of nitrogens with two attached hydrogens (primary N) is 3. The van der Waals surface area contributed by atoms with Crippen molar-refractivity contribution >= 4 is 23.8 Å². The fourth-order valence-electron chi connectivity index (χ4n) is 3.17. The number of rotatable bonds is 6. The van der Waals surface area contributed by atoms with E-state index in [4.69, 9.17) is 22.3 Å². The zero-order valence-corrected chi connectivity index (χ0v) is 14.5. The molecule has 8 N–H and O–H groups in total. The molecule has 0 amide bonds. The van der Waals surface area contributed by atoms with E-state index in [9.17, 15) is 0 Å². The van der Waals surface area contributed by atoms with Gasteiger partial charge in [0, 0.05) is 25.0 Å². The highest BCUT2D eigenvalue weighted by atomic mass is 16.3. The first-order chi connectivity index (χ1) is 12.5. The lowest BCUT2D eigenvalue weighted by molar-refractivity contribution is 0.292. The summed E-state index contributed by atoms with van der Waals surface area (Å²) in [7, 11) is 0. The molecule has 0 spiro atoms. The Morgan fingerprint density at radius 2 is 1.27 bits per heavy atom. The Kier molecular flexibility index (Phi) is 5.56. The summed E-state index contributed by atoms with van der Waals surface area (Å²) in [6, 6.07) is 0. The lowest BCUT2D eigenvalue weighted by Gasteiger charge is -2.26. The van der Waals surface area contributed by atoms with Crippen LogP contribution in [0, 0.1) is 0 Å². The predicted molar refractivity (Wildman–Crippen MR) is 97.0 cm³/mol. The van der Waals surface area contributed by atoms with Crippen LogP contribution in [0.4, 0.5) is 23.8 Å². The molecule has 0 unspecified atom stereocenters. The predicted octanol–water partition coefficient (Wildman–Crippen LogP) is 0.0389. The zero-order chi connectivity index (χ0) is 18.5. The van der Waals surface area contributed by atoms with Crippen molar-refractivity contribution in [3.63, 3.8) is 0 Å². The summed E-state index contributed by atoms with van der Waals surface area (Å²) in [5.41, 5.74) is 17.1. The smallest absolute Gasteiger partial charge is 0.227 e. The fourth-order valence-corrected chi connectivity index (χ4v) is 3.17. The van der Waals surface area contributed by atoms with Gasteiger partial charge in [0.1, 0.15) is 11.6 Å². The van der Waals surface area contributed by atoms with E-state index in [1.807, 2.05) is 0 Å². The highest BCUT2D eigenvalue weighted by Gasteiger charge is 2.28. The maximum atomic E-state index is 8.86. The number of hydrogen-bond donors (Lipinski definition) is 5. The van der Waals surface area contributed by atoms with E-state index >= 15 is 0 Å². The molecule has 140 valence electrons. The van der Waals surface area contributed by atoms with Gasteiger partial charge >= 0.3 is 0 Å². The molecule has 0 atom stereocenters. The molecule has 11 heteroatoms. The minimum absolute atomic E-state index is 0.108. The number of aliphatic hydroxyl groups excluding tert-OH is 1. The SMILES string of the molecule is Nc1nc(N)nc(C2CCC(c3nc(N)nc(NCCCO)n3)CC2)n1. The zero-order valence-electron chi connectivity index (χ0n) is 14.5. The van der Waals surface area contributed by atoms with Crippen molar-refractivity contribution in [2.45, 2.75) is 43.9 Å². The molecule has 11 nitrogen and oxygen atoms in total. The van der Waals surface area contributed by atoms with Crippen molar-refractivity contribution in [1.82, 2.24) is 29.9 Å². The molecule has 2 aromatic heterocycles. The molecule has 0 aliphatic heterocycles. The van der Waals surface area contributed by atoms with Crippen LogP contribution in [0.2, 0.25) is 0 Å². The summed E-state index contributed by atoms with van der Waals surface area (Å²) in [5.74, 6) is 2.68. The first kappa shape index (κ1) is 18.0. The fraction of sp³-hybridized carbons (Fsp3) is 0.600. The third-order valence-corrected chi connectivity index (χ3v) is 4.43. The molecule has 26 heavy (non-hydrogen) atoms. The maximum Gasteiger partial charge on any atom is 0.227 e. The summed E-state index contributed by atoms with van der Waals surface area (Å²) in [6.45, 7) is 0.685. The van der Waals surface area contributed by atoms with Crippen LogP contribution < -0.4 is 22.5 Å². The minimum Gasteiger partial charge on any atom is -0.396 e. The maximum absolute atomic E-state index is 8.86. The van der Waals surface area contributed by atoms with E-state index < -0.39 is 0 Å². The van der Waals surface area contributed by atoms with Gasteiger partial charge in [-0.2, -0.15) is 29.9 Å². The lowest BCUT2D eigenvalue weighted by Crippen LogP contribution is -2.19. The molecule has 0 aromatic carbocycles. The van der Waals surface area contributed by atoms with Gasteiger partial charge in [-0.1, -0.05) is 0 Å². The number of aromatic nitrogens is 6. The van der Waals surface area contributed by atoms with Gasteiger partial charge in [0.15, 0.2) is 0 Å². The Bertz CT molecular complexity index is 727. The Morgan fingerprint density at radius 3 is 1.81 bits per heavy atom. The van der Waals surface area contributed by atoms with Crippen molar-refractivity contribution < 1.29 is 5.11 Å². The van der Waals surface area contributed by atoms with Crippen molar-refractivity contribution in [2.75, 3.05) is 35.7 Å². The summed E-state index contributed by atoms with van der Waals surface area (Å²) < 4.78 is 0. The van der Waals surface area contributed by atoms with Crippen LogP contribution in [0.25, 0.3) is 0 Å². The van der Waals surface area contributed by atoms with Crippen molar-refractivity contribution in [2.24, 2.45) is 0 Å². The summed E-state index contributed by atoms with van der Waals surface area (Å²) >= 11 is 0. The molecule has 1 saturated carbocycles. The van der Waals surface area contributed by atoms with Crippen molar-refractivity contribution in [3.05, 3.63) is 11.6 Å². The third kappa shape index (κ3) is 4.42. The summed E-state index contributed by atoms with van der Waals surface area (Å²) in [6.07, 6.45) is 4.15. The Morgan fingerprint density at radius 1 is 0.769 bits per heavy atom. The van der Waals surface area contributed by atoms with Crippen LogP contribution in [0.15, 0.2) is 0 Å². The number of nitrogens with one attached hydrogen (secondary N) is 1. The highest BCUT2D eigenvalue weighted by Crippen LogP contribution is 2.38. The van der Waals surface area contributed by atoms with Gasteiger partial charge in [0.05, 0.1) is 0 Å². The first-order valence-corrected chi connectivity index (χ1v) is 8.68. The summed E-state index contributed by atoms with van der Waals surface area (Å²) in [4.78, 5) is 25.1. The van der Waals surface area contributed by atoms with E-state index in [0.717, 1.165) is 25.7 Å². The number of aliphatic hydroxyl groups is 1.